The minimum Gasteiger partial charge on any atom is -0.360 e. The first-order valence-corrected chi connectivity index (χ1v) is 7.38. The monoisotopic (exact) mass is 325 g/mol. The Bertz CT molecular complexity index is 789. The molecular formula is C18H16ClN3O. The van der Waals surface area contributed by atoms with Crippen LogP contribution in [0, 0.1) is 25.2 Å². The molecule has 5 heteroatoms. The molecule has 116 valence electrons. The Hall–Kier alpha value is -2.77. The first-order chi connectivity index (χ1) is 11.0. The molecule has 0 aliphatic heterocycles. The average molecular weight is 326 g/mol. The van der Waals surface area contributed by atoms with Gasteiger partial charge in [-0.05, 0) is 61.4 Å². The molecule has 2 aromatic rings. The normalized spacial score (nSPS) is 10.8. The maximum atomic E-state index is 12.1. The van der Waals surface area contributed by atoms with E-state index in [1.807, 2.05) is 38.1 Å². The largest absolute Gasteiger partial charge is 0.360 e. The molecule has 0 aliphatic carbocycles. The number of benzene rings is 2. The van der Waals surface area contributed by atoms with Crippen LogP contribution < -0.4 is 10.6 Å². The lowest BCUT2D eigenvalue weighted by Crippen LogP contribution is -2.14. The minimum atomic E-state index is -0.480. The summed E-state index contributed by atoms with van der Waals surface area (Å²) in [7, 11) is 0. The van der Waals surface area contributed by atoms with E-state index >= 15 is 0 Å². The van der Waals surface area contributed by atoms with Crippen molar-refractivity contribution in [1.82, 2.24) is 0 Å². The van der Waals surface area contributed by atoms with E-state index in [4.69, 9.17) is 16.9 Å². The molecule has 0 aromatic heterocycles. The van der Waals surface area contributed by atoms with Crippen LogP contribution in [0.25, 0.3) is 0 Å². The third-order valence-electron chi connectivity index (χ3n) is 3.36. The van der Waals surface area contributed by atoms with Crippen molar-refractivity contribution in [3.8, 4) is 6.07 Å². The van der Waals surface area contributed by atoms with Gasteiger partial charge in [0.2, 0.25) is 0 Å². The van der Waals surface area contributed by atoms with Crippen molar-refractivity contribution in [2.24, 2.45) is 0 Å². The van der Waals surface area contributed by atoms with E-state index in [1.165, 1.54) is 11.8 Å². The van der Waals surface area contributed by atoms with Gasteiger partial charge in [-0.2, -0.15) is 5.26 Å². The second-order valence-corrected chi connectivity index (χ2v) is 5.51. The lowest BCUT2D eigenvalue weighted by atomic mass is 10.1. The van der Waals surface area contributed by atoms with E-state index in [1.54, 1.807) is 24.3 Å². The molecule has 0 fully saturated rings. The number of aryl methyl sites for hydroxylation is 2. The Labute approximate surface area is 140 Å². The minimum absolute atomic E-state index is 0.0156. The fraction of sp³-hybridized carbons (Fsp3) is 0.111. The summed E-state index contributed by atoms with van der Waals surface area (Å²) in [4.78, 5) is 12.1. The van der Waals surface area contributed by atoms with Crippen molar-refractivity contribution < 1.29 is 4.79 Å². The van der Waals surface area contributed by atoms with Gasteiger partial charge in [-0.25, -0.2) is 0 Å². The summed E-state index contributed by atoms with van der Waals surface area (Å²) in [6.07, 6.45) is 1.40. The highest BCUT2D eigenvalue weighted by atomic mass is 35.5. The second kappa shape index (κ2) is 7.48. The summed E-state index contributed by atoms with van der Waals surface area (Å²) in [5.41, 5.74) is 3.69. The fourth-order valence-corrected chi connectivity index (χ4v) is 1.99. The van der Waals surface area contributed by atoms with Gasteiger partial charge in [0.05, 0.1) is 0 Å². The van der Waals surface area contributed by atoms with E-state index in [0.717, 1.165) is 11.3 Å². The quantitative estimate of drug-likeness (QED) is 0.646. The van der Waals surface area contributed by atoms with Crippen LogP contribution >= 0.6 is 11.6 Å². The van der Waals surface area contributed by atoms with Crippen LogP contribution in [0.3, 0.4) is 0 Å². The molecule has 2 rings (SSSR count). The van der Waals surface area contributed by atoms with Crippen molar-refractivity contribution in [1.29, 1.82) is 5.26 Å². The Morgan fingerprint density at radius 3 is 2.35 bits per heavy atom. The molecule has 4 nitrogen and oxygen atoms in total. The Morgan fingerprint density at radius 1 is 1.09 bits per heavy atom. The molecule has 2 N–H and O–H groups in total. The van der Waals surface area contributed by atoms with Gasteiger partial charge in [-0.3, -0.25) is 4.79 Å². The topological polar surface area (TPSA) is 64.9 Å². The molecule has 0 bridgehead atoms. The molecule has 0 heterocycles. The number of amides is 1. The van der Waals surface area contributed by atoms with Gasteiger partial charge >= 0.3 is 0 Å². The molecule has 2 aromatic carbocycles. The van der Waals surface area contributed by atoms with Crippen LogP contribution in [0.4, 0.5) is 11.4 Å². The van der Waals surface area contributed by atoms with Crippen LogP contribution in [0.15, 0.2) is 54.2 Å². The summed E-state index contributed by atoms with van der Waals surface area (Å²) in [5.74, 6) is -0.480. The lowest BCUT2D eigenvalue weighted by Gasteiger charge is -2.07. The molecule has 0 aliphatic rings. The van der Waals surface area contributed by atoms with E-state index in [0.29, 0.717) is 10.7 Å². The van der Waals surface area contributed by atoms with Gasteiger partial charge < -0.3 is 10.6 Å². The number of nitrogens with one attached hydrogen (secondary N) is 2. The summed E-state index contributed by atoms with van der Waals surface area (Å²) < 4.78 is 0. The molecule has 0 saturated carbocycles. The van der Waals surface area contributed by atoms with E-state index in [9.17, 15) is 4.79 Å². The Balaban J connectivity index is 2.08. The fourth-order valence-electron chi connectivity index (χ4n) is 1.87. The molecule has 0 atom stereocenters. The van der Waals surface area contributed by atoms with Crippen molar-refractivity contribution in [3.05, 3.63) is 70.4 Å². The van der Waals surface area contributed by atoms with E-state index in [-0.39, 0.29) is 5.57 Å². The average Bonchev–Trinajstić information content (AvgIpc) is 2.53. The number of carbonyl (C=O) groups is 1. The number of nitrogens with zero attached hydrogens (tertiary/aromatic N) is 1. The second-order valence-electron chi connectivity index (χ2n) is 5.07. The predicted molar refractivity (Wildman–Crippen MR) is 93.3 cm³/mol. The number of halogens is 1. The van der Waals surface area contributed by atoms with Crippen LogP contribution in [0.2, 0.25) is 5.02 Å². The molecule has 0 radical (unpaired) electrons. The highest BCUT2D eigenvalue weighted by molar-refractivity contribution is 6.30. The van der Waals surface area contributed by atoms with E-state index < -0.39 is 5.91 Å². The molecule has 0 unspecified atom stereocenters. The summed E-state index contributed by atoms with van der Waals surface area (Å²) >= 11 is 5.79. The Kier molecular flexibility index (Phi) is 5.40. The SMILES string of the molecule is Cc1ccc(N/C=C(/C#N)C(=O)Nc2ccc(Cl)cc2)cc1C. The predicted octanol–water partition coefficient (Wildman–Crippen LogP) is 4.41. The smallest absolute Gasteiger partial charge is 0.267 e. The maximum Gasteiger partial charge on any atom is 0.267 e. The molecule has 0 spiro atoms. The van der Waals surface area contributed by atoms with Gasteiger partial charge in [0.15, 0.2) is 0 Å². The van der Waals surface area contributed by atoms with Crippen LogP contribution in [-0.2, 0) is 4.79 Å². The number of hydrogen-bond donors (Lipinski definition) is 2. The number of nitriles is 1. The standard InChI is InChI=1S/C18H16ClN3O/c1-12-3-6-17(9-13(12)2)21-11-14(10-20)18(23)22-16-7-4-15(19)5-8-16/h3-9,11,21H,1-2H3,(H,22,23)/b14-11-. The maximum absolute atomic E-state index is 12.1. The van der Waals surface area contributed by atoms with Crippen LogP contribution in [-0.4, -0.2) is 5.91 Å². The zero-order valence-corrected chi connectivity index (χ0v) is 13.6. The summed E-state index contributed by atoms with van der Waals surface area (Å²) in [5, 5.41) is 15.4. The van der Waals surface area contributed by atoms with Crippen molar-refractivity contribution in [2.45, 2.75) is 13.8 Å². The van der Waals surface area contributed by atoms with Crippen LogP contribution in [0.5, 0.6) is 0 Å². The van der Waals surface area contributed by atoms with Gasteiger partial charge in [-0.15, -0.1) is 0 Å². The molecular weight excluding hydrogens is 310 g/mol. The van der Waals surface area contributed by atoms with Crippen molar-refractivity contribution in [3.63, 3.8) is 0 Å². The van der Waals surface area contributed by atoms with Crippen molar-refractivity contribution in [2.75, 3.05) is 10.6 Å². The van der Waals surface area contributed by atoms with Gasteiger partial charge in [0, 0.05) is 22.6 Å². The highest BCUT2D eigenvalue weighted by Gasteiger charge is 2.09. The zero-order chi connectivity index (χ0) is 16.8. The number of hydrogen-bond acceptors (Lipinski definition) is 3. The van der Waals surface area contributed by atoms with Gasteiger partial charge in [0.25, 0.3) is 5.91 Å². The van der Waals surface area contributed by atoms with Crippen molar-refractivity contribution >= 4 is 28.9 Å². The van der Waals surface area contributed by atoms with Gasteiger partial charge in [-0.1, -0.05) is 17.7 Å². The number of carbonyl (C=O) groups excluding carboxylic acids is 1. The highest BCUT2D eigenvalue weighted by Crippen LogP contribution is 2.16. The molecule has 1 amide bonds. The lowest BCUT2D eigenvalue weighted by molar-refractivity contribution is -0.112. The van der Waals surface area contributed by atoms with E-state index in [2.05, 4.69) is 10.6 Å². The third kappa shape index (κ3) is 4.60. The van der Waals surface area contributed by atoms with Crippen LogP contribution in [0.1, 0.15) is 11.1 Å². The summed E-state index contributed by atoms with van der Waals surface area (Å²) in [6.45, 7) is 4.03. The summed E-state index contributed by atoms with van der Waals surface area (Å²) in [6, 6.07) is 14.4. The first kappa shape index (κ1) is 16.6. The number of rotatable bonds is 4. The first-order valence-electron chi connectivity index (χ1n) is 7.00. The molecule has 23 heavy (non-hydrogen) atoms. The van der Waals surface area contributed by atoms with Gasteiger partial charge in [0.1, 0.15) is 11.6 Å². The third-order valence-corrected chi connectivity index (χ3v) is 3.61. The Morgan fingerprint density at radius 2 is 1.74 bits per heavy atom. The zero-order valence-electron chi connectivity index (χ0n) is 12.9. The number of anilines is 2. The molecule has 0 saturated heterocycles.